The van der Waals surface area contributed by atoms with Crippen LogP contribution in [0.4, 0.5) is 0 Å². The molecule has 0 radical (unpaired) electrons. The van der Waals surface area contributed by atoms with Crippen LogP contribution in [-0.2, 0) is 12.8 Å². The summed E-state index contributed by atoms with van der Waals surface area (Å²) in [7, 11) is 0. The third-order valence-corrected chi connectivity index (χ3v) is 6.91. The standard InChI is InChI=1S/C33H33NO/c1-32(2,3)18-20-11-12-22-17-28-29-24(25(22)15-20)13-14-34-30(29)26-16-21-9-7-8-10-23(21)27(31(26)35-28)19-33(4,5)6/h7-17H,18-19H2,1-6H3. The van der Waals surface area contributed by atoms with Gasteiger partial charge in [0, 0.05) is 17.3 Å². The quantitative estimate of drug-likeness (QED) is 0.241. The summed E-state index contributed by atoms with van der Waals surface area (Å²) in [6.45, 7) is 13.8. The summed E-state index contributed by atoms with van der Waals surface area (Å²) in [5, 5.41) is 7.33. The lowest BCUT2D eigenvalue weighted by Crippen LogP contribution is -2.12. The number of hydrogen-bond donors (Lipinski definition) is 0. The van der Waals surface area contributed by atoms with Crippen LogP contribution in [0.5, 0.6) is 11.5 Å². The molecule has 2 heteroatoms. The second-order valence-electron chi connectivity index (χ2n) is 12.5. The molecule has 0 bridgehead atoms. The first-order valence-corrected chi connectivity index (χ1v) is 12.6. The van der Waals surface area contributed by atoms with Crippen LogP contribution in [0.25, 0.3) is 43.6 Å². The number of nitrogens with zero attached hydrogens (tertiary/aromatic N) is 1. The molecule has 0 aliphatic carbocycles. The fourth-order valence-electron chi connectivity index (χ4n) is 5.63. The van der Waals surface area contributed by atoms with E-state index in [0.29, 0.717) is 0 Å². The Kier molecular flexibility index (Phi) is 4.77. The van der Waals surface area contributed by atoms with E-state index in [0.717, 1.165) is 41.0 Å². The SMILES string of the molecule is CC(C)(C)Cc1ccc2cc3c4c(nccc4c2c1)-c1cc2ccccc2c(CC(C)(C)C)c1O3. The van der Waals surface area contributed by atoms with Gasteiger partial charge in [-0.2, -0.15) is 0 Å². The highest BCUT2D eigenvalue weighted by Crippen LogP contribution is 2.51. The molecule has 0 atom stereocenters. The smallest absolute Gasteiger partial charge is 0.140 e. The zero-order valence-electron chi connectivity index (χ0n) is 21.6. The molecule has 0 amide bonds. The van der Waals surface area contributed by atoms with Gasteiger partial charge >= 0.3 is 0 Å². The molecule has 35 heavy (non-hydrogen) atoms. The third-order valence-electron chi connectivity index (χ3n) is 6.91. The van der Waals surface area contributed by atoms with Gasteiger partial charge in [0.25, 0.3) is 0 Å². The van der Waals surface area contributed by atoms with Crippen molar-refractivity contribution in [2.45, 2.75) is 54.4 Å². The van der Waals surface area contributed by atoms with Crippen LogP contribution in [0.1, 0.15) is 52.7 Å². The van der Waals surface area contributed by atoms with Gasteiger partial charge in [-0.25, -0.2) is 0 Å². The van der Waals surface area contributed by atoms with Crippen molar-refractivity contribution in [1.82, 2.24) is 4.98 Å². The van der Waals surface area contributed by atoms with E-state index in [9.17, 15) is 0 Å². The molecule has 1 aliphatic rings. The average molecular weight is 460 g/mol. The fourth-order valence-corrected chi connectivity index (χ4v) is 5.63. The molecule has 0 unspecified atom stereocenters. The Morgan fingerprint density at radius 2 is 1.46 bits per heavy atom. The lowest BCUT2D eigenvalue weighted by molar-refractivity contribution is 0.400. The zero-order chi connectivity index (χ0) is 24.5. The Morgan fingerprint density at radius 1 is 0.714 bits per heavy atom. The summed E-state index contributed by atoms with van der Waals surface area (Å²) in [5.74, 6) is 1.88. The lowest BCUT2D eigenvalue weighted by Gasteiger charge is -2.28. The van der Waals surface area contributed by atoms with Gasteiger partial charge in [-0.05, 0) is 74.4 Å². The molecule has 6 rings (SSSR count). The van der Waals surface area contributed by atoms with Gasteiger partial charge in [-0.3, -0.25) is 4.98 Å². The number of pyridine rings is 1. The lowest BCUT2D eigenvalue weighted by atomic mass is 9.83. The minimum Gasteiger partial charge on any atom is -0.456 e. The van der Waals surface area contributed by atoms with Crippen molar-refractivity contribution in [1.29, 1.82) is 0 Å². The molecule has 2 heterocycles. The molecule has 2 nitrogen and oxygen atoms in total. The number of benzene rings is 4. The van der Waals surface area contributed by atoms with E-state index in [-0.39, 0.29) is 10.8 Å². The van der Waals surface area contributed by atoms with Gasteiger partial charge < -0.3 is 4.74 Å². The monoisotopic (exact) mass is 459 g/mol. The van der Waals surface area contributed by atoms with Crippen LogP contribution in [0.15, 0.2) is 66.9 Å². The van der Waals surface area contributed by atoms with Crippen LogP contribution in [0, 0.1) is 10.8 Å². The van der Waals surface area contributed by atoms with Gasteiger partial charge in [0.05, 0.1) is 11.1 Å². The van der Waals surface area contributed by atoms with Crippen molar-refractivity contribution in [2.24, 2.45) is 10.8 Å². The van der Waals surface area contributed by atoms with E-state index >= 15 is 0 Å². The first-order valence-electron chi connectivity index (χ1n) is 12.6. The van der Waals surface area contributed by atoms with Crippen molar-refractivity contribution in [3.05, 3.63) is 78.0 Å². The van der Waals surface area contributed by atoms with E-state index in [1.807, 2.05) is 6.20 Å². The summed E-state index contributed by atoms with van der Waals surface area (Å²) in [6, 6.07) is 22.2. The minimum atomic E-state index is 0.133. The van der Waals surface area contributed by atoms with Crippen molar-refractivity contribution in [3.8, 4) is 22.8 Å². The first-order chi connectivity index (χ1) is 16.6. The Morgan fingerprint density at radius 3 is 2.23 bits per heavy atom. The van der Waals surface area contributed by atoms with Crippen molar-refractivity contribution in [3.63, 3.8) is 0 Å². The number of ether oxygens (including phenoxy) is 1. The van der Waals surface area contributed by atoms with Crippen LogP contribution in [0.3, 0.4) is 0 Å². The second-order valence-corrected chi connectivity index (χ2v) is 12.5. The van der Waals surface area contributed by atoms with Crippen LogP contribution >= 0.6 is 0 Å². The van der Waals surface area contributed by atoms with Crippen molar-refractivity contribution < 1.29 is 4.74 Å². The Labute approximate surface area is 208 Å². The Balaban J connectivity index is 1.65. The summed E-state index contributed by atoms with van der Waals surface area (Å²) in [6.07, 6.45) is 3.95. The largest absolute Gasteiger partial charge is 0.456 e. The average Bonchev–Trinajstić information content (AvgIpc) is 2.78. The predicted octanol–water partition coefficient (Wildman–Crippen LogP) is 9.49. The van der Waals surface area contributed by atoms with E-state index < -0.39 is 0 Å². The number of rotatable bonds is 2. The molecule has 0 spiro atoms. The van der Waals surface area contributed by atoms with Crippen molar-refractivity contribution in [2.75, 3.05) is 0 Å². The number of fused-ring (bicyclic) bond motifs is 5. The molecule has 0 fully saturated rings. The van der Waals surface area contributed by atoms with Gasteiger partial charge in [0.1, 0.15) is 11.5 Å². The minimum absolute atomic E-state index is 0.133. The van der Waals surface area contributed by atoms with Crippen LogP contribution in [0.2, 0.25) is 0 Å². The van der Waals surface area contributed by atoms with E-state index in [2.05, 4.69) is 102 Å². The molecular formula is C33H33NO. The van der Waals surface area contributed by atoms with E-state index in [4.69, 9.17) is 9.72 Å². The van der Waals surface area contributed by atoms with Gasteiger partial charge in [0.2, 0.25) is 0 Å². The third kappa shape index (κ3) is 3.86. The normalized spacial score (nSPS) is 13.3. The summed E-state index contributed by atoms with van der Waals surface area (Å²) >= 11 is 0. The maximum absolute atomic E-state index is 6.81. The number of hydrogen-bond acceptors (Lipinski definition) is 2. The maximum atomic E-state index is 6.81. The Hall–Kier alpha value is -3.39. The summed E-state index contributed by atoms with van der Waals surface area (Å²) in [5.41, 5.74) is 5.15. The van der Waals surface area contributed by atoms with Crippen LogP contribution in [-0.4, -0.2) is 4.98 Å². The first kappa shape index (κ1) is 22.1. The van der Waals surface area contributed by atoms with Gasteiger partial charge in [-0.1, -0.05) is 84.0 Å². The summed E-state index contributed by atoms with van der Waals surface area (Å²) in [4.78, 5) is 4.93. The maximum Gasteiger partial charge on any atom is 0.140 e. The fraction of sp³-hybridized carbons (Fsp3) is 0.303. The second kappa shape index (κ2) is 7.55. The molecule has 4 aromatic carbocycles. The van der Waals surface area contributed by atoms with Gasteiger partial charge in [-0.15, -0.1) is 0 Å². The zero-order valence-corrected chi connectivity index (χ0v) is 21.6. The van der Waals surface area contributed by atoms with Crippen LogP contribution < -0.4 is 4.74 Å². The highest BCUT2D eigenvalue weighted by molar-refractivity contribution is 6.16. The Bertz CT molecular complexity index is 1630. The molecule has 5 aromatic rings. The molecule has 1 aliphatic heterocycles. The molecule has 176 valence electrons. The molecule has 0 N–H and O–H groups in total. The summed E-state index contributed by atoms with van der Waals surface area (Å²) < 4.78 is 6.81. The molecule has 0 saturated heterocycles. The topological polar surface area (TPSA) is 22.1 Å². The highest BCUT2D eigenvalue weighted by Gasteiger charge is 2.28. The molecular weight excluding hydrogens is 426 g/mol. The van der Waals surface area contributed by atoms with E-state index in [1.54, 1.807) is 0 Å². The van der Waals surface area contributed by atoms with E-state index in [1.165, 1.54) is 38.1 Å². The highest BCUT2D eigenvalue weighted by atomic mass is 16.5. The molecule has 0 saturated carbocycles. The van der Waals surface area contributed by atoms with Gasteiger partial charge in [0.15, 0.2) is 0 Å². The molecule has 1 aromatic heterocycles. The predicted molar refractivity (Wildman–Crippen MR) is 149 cm³/mol. The number of aromatic nitrogens is 1. The van der Waals surface area contributed by atoms with Crippen molar-refractivity contribution >= 4 is 32.3 Å².